The summed E-state index contributed by atoms with van der Waals surface area (Å²) >= 11 is 0. The van der Waals surface area contributed by atoms with E-state index in [1.54, 1.807) is 12.1 Å². The van der Waals surface area contributed by atoms with Crippen LogP contribution in [0.25, 0.3) is 16.9 Å². The summed E-state index contributed by atoms with van der Waals surface area (Å²) in [7, 11) is 0. The molecule has 190 valence electrons. The van der Waals surface area contributed by atoms with Gasteiger partial charge in [-0.05, 0) is 85.6 Å². The van der Waals surface area contributed by atoms with Crippen molar-refractivity contribution in [3.05, 3.63) is 72.2 Å². The molecule has 4 rings (SSSR count). The van der Waals surface area contributed by atoms with Crippen LogP contribution in [0.4, 0.5) is 10.1 Å². The summed E-state index contributed by atoms with van der Waals surface area (Å²) in [4.78, 5) is 26.3. The van der Waals surface area contributed by atoms with Crippen molar-refractivity contribution in [1.29, 1.82) is 0 Å². The first kappa shape index (κ1) is 25.6. The number of hydrogen-bond donors (Lipinski definition) is 2. The highest BCUT2D eigenvalue weighted by Crippen LogP contribution is 2.28. The Kier molecular flexibility index (Phi) is 8.86. The first-order valence-electron chi connectivity index (χ1n) is 12.4. The van der Waals surface area contributed by atoms with E-state index >= 15 is 0 Å². The zero-order valence-electron chi connectivity index (χ0n) is 20.6. The van der Waals surface area contributed by atoms with Gasteiger partial charge in [0.2, 0.25) is 11.8 Å². The van der Waals surface area contributed by atoms with Crippen LogP contribution in [0.2, 0.25) is 0 Å². The minimum absolute atomic E-state index is 0.0223. The van der Waals surface area contributed by atoms with Gasteiger partial charge in [0.25, 0.3) is 0 Å². The highest BCUT2D eigenvalue weighted by Gasteiger charge is 2.14. The first-order valence-corrected chi connectivity index (χ1v) is 12.4. The molecule has 1 saturated heterocycles. The fraction of sp³-hybridized carbons (Fsp3) is 0.357. The van der Waals surface area contributed by atoms with Gasteiger partial charge in [0.15, 0.2) is 0 Å². The Morgan fingerprint density at radius 3 is 2.39 bits per heavy atom. The highest BCUT2D eigenvalue weighted by molar-refractivity contribution is 5.88. The summed E-state index contributed by atoms with van der Waals surface area (Å²) in [6, 6.07) is 17.9. The first-order chi connectivity index (χ1) is 17.5. The summed E-state index contributed by atoms with van der Waals surface area (Å²) in [5.74, 6) is -0.400. The second-order valence-corrected chi connectivity index (χ2v) is 8.94. The van der Waals surface area contributed by atoms with Crippen LogP contribution in [0.5, 0.6) is 0 Å². The summed E-state index contributed by atoms with van der Waals surface area (Å²) in [6.45, 7) is 6.55. The van der Waals surface area contributed by atoms with Crippen LogP contribution in [-0.2, 0) is 20.7 Å². The zero-order valence-corrected chi connectivity index (χ0v) is 20.6. The van der Waals surface area contributed by atoms with Crippen molar-refractivity contribution in [3.8, 4) is 16.9 Å². The number of nitrogens with zero attached hydrogens (tertiary/aromatic N) is 2. The maximum absolute atomic E-state index is 13.5. The second-order valence-electron chi connectivity index (χ2n) is 8.94. The maximum Gasteiger partial charge on any atom is 0.221 e. The van der Waals surface area contributed by atoms with E-state index in [1.807, 2.05) is 36.4 Å². The number of rotatable bonds is 10. The normalized spacial score (nSPS) is 13.9. The molecule has 0 unspecified atom stereocenters. The summed E-state index contributed by atoms with van der Waals surface area (Å²) in [6.07, 6.45) is 1.84. The lowest BCUT2D eigenvalue weighted by molar-refractivity contribution is -0.121. The van der Waals surface area contributed by atoms with Gasteiger partial charge in [-0.15, -0.1) is 0 Å². The third kappa shape index (κ3) is 7.02. The van der Waals surface area contributed by atoms with Gasteiger partial charge in [0.05, 0.1) is 18.9 Å². The molecule has 0 aliphatic carbocycles. The Morgan fingerprint density at radius 2 is 1.69 bits per heavy atom. The van der Waals surface area contributed by atoms with Gasteiger partial charge in [-0.3, -0.25) is 14.5 Å². The molecule has 0 bridgehead atoms. The smallest absolute Gasteiger partial charge is 0.221 e. The third-order valence-electron chi connectivity index (χ3n) is 6.23. The average Bonchev–Trinajstić information content (AvgIpc) is 3.30. The van der Waals surface area contributed by atoms with Crippen molar-refractivity contribution in [2.45, 2.75) is 26.2 Å². The van der Waals surface area contributed by atoms with Gasteiger partial charge in [-0.2, -0.15) is 0 Å². The van der Waals surface area contributed by atoms with Crippen molar-refractivity contribution < 1.29 is 18.7 Å². The maximum atomic E-state index is 13.5. The van der Waals surface area contributed by atoms with Crippen molar-refractivity contribution in [3.63, 3.8) is 0 Å². The molecule has 0 atom stereocenters. The number of aryl methyl sites for hydroxylation is 1. The molecule has 1 aromatic heterocycles. The molecule has 36 heavy (non-hydrogen) atoms. The van der Waals surface area contributed by atoms with Crippen LogP contribution in [0.1, 0.15) is 25.5 Å². The number of halogens is 1. The van der Waals surface area contributed by atoms with Crippen LogP contribution in [0.15, 0.2) is 60.7 Å². The van der Waals surface area contributed by atoms with E-state index in [0.29, 0.717) is 25.1 Å². The van der Waals surface area contributed by atoms with Crippen molar-refractivity contribution in [1.82, 2.24) is 14.8 Å². The van der Waals surface area contributed by atoms with E-state index in [4.69, 9.17) is 4.74 Å². The standard InChI is InChI=1S/C28H33FN4O3/c1-21(34)31-24-7-9-25(10-8-24)33-26(11-13-27(33)22-3-5-23(29)6-4-22)12-14-28(35)30-15-2-16-32-17-19-36-20-18-32/h3-11,13H,2,12,14-20H2,1H3,(H,30,35)(H,31,34). The molecule has 2 N–H and O–H groups in total. The Balaban J connectivity index is 1.43. The van der Waals surface area contributed by atoms with Gasteiger partial charge in [-0.1, -0.05) is 0 Å². The molecule has 3 aromatic rings. The van der Waals surface area contributed by atoms with Gasteiger partial charge in [0, 0.05) is 50.0 Å². The monoisotopic (exact) mass is 492 g/mol. The number of carbonyl (C=O) groups is 2. The van der Waals surface area contributed by atoms with E-state index in [0.717, 1.165) is 61.9 Å². The lowest BCUT2D eigenvalue weighted by atomic mass is 10.1. The molecular weight excluding hydrogens is 459 g/mol. The molecule has 2 aromatic carbocycles. The van der Waals surface area contributed by atoms with E-state index in [-0.39, 0.29) is 17.6 Å². The van der Waals surface area contributed by atoms with Crippen LogP contribution in [0.3, 0.4) is 0 Å². The number of benzene rings is 2. The molecule has 0 saturated carbocycles. The summed E-state index contributed by atoms with van der Waals surface area (Å²) < 4.78 is 21.0. The predicted octanol–water partition coefficient (Wildman–Crippen LogP) is 4.01. The zero-order chi connectivity index (χ0) is 25.3. The molecule has 0 spiro atoms. The fourth-order valence-electron chi connectivity index (χ4n) is 4.41. The molecule has 0 radical (unpaired) electrons. The fourth-order valence-corrected chi connectivity index (χ4v) is 4.41. The van der Waals surface area contributed by atoms with Crippen molar-refractivity contribution >= 4 is 17.5 Å². The van der Waals surface area contributed by atoms with Gasteiger partial charge in [0.1, 0.15) is 5.82 Å². The van der Waals surface area contributed by atoms with Crippen molar-refractivity contribution in [2.24, 2.45) is 0 Å². The number of anilines is 1. The predicted molar refractivity (Wildman–Crippen MR) is 139 cm³/mol. The van der Waals surface area contributed by atoms with Crippen LogP contribution < -0.4 is 10.6 Å². The molecular formula is C28H33FN4O3. The van der Waals surface area contributed by atoms with E-state index < -0.39 is 0 Å². The largest absolute Gasteiger partial charge is 0.379 e. The number of amides is 2. The second kappa shape index (κ2) is 12.5. The average molecular weight is 493 g/mol. The molecule has 8 heteroatoms. The molecule has 2 heterocycles. The molecule has 2 amide bonds. The van der Waals surface area contributed by atoms with Gasteiger partial charge < -0.3 is 19.9 Å². The number of hydrogen-bond acceptors (Lipinski definition) is 4. The lowest BCUT2D eigenvalue weighted by Gasteiger charge is -2.26. The molecule has 1 aliphatic rings. The van der Waals surface area contributed by atoms with Crippen LogP contribution in [-0.4, -0.2) is 60.7 Å². The number of morpholine rings is 1. The van der Waals surface area contributed by atoms with Crippen LogP contribution in [0, 0.1) is 5.82 Å². The van der Waals surface area contributed by atoms with Gasteiger partial charge >= 0.3 is 0 Å². The minimum Gasteiger partial charge on any atom is -0.379 e. The Hall–Kier alpha value is -3.49. The van der Waals surface area contributed by atoms with Crippen molar-refractivity contribution in [2.75, 3.05) is 44.7 Å². The molecule has 1 aliphatic heterocycles. The molecule has 1 fully saturated rings. The topological polar surface area (TPSA) is 75.6 Å². The number of carbonyl (C=O) groups excluding carboxylic acids is 2. The summed E-state index contributed by atoms with van der Waals surface area (Å²) in [5, 5.41) is 5.81. The number of aromatic nitrogens is 1. The SMILES string of the molecule is CC(=O)Nc1ccc(-n2c(CCC(=O)NCCCN3CCOCC3)ccc2-c2ccc(F)cc2)cc1. The summed E-state index contributed by atoms with van der Waals surface area (Å²) in [5.41, 5.74) is 4.36. The van der Waals surface area contributed by atoms with E-state index in [9.17, 15) is 14.0 Å². The lowest BCUT2D eigenvalue weighted by Crippen LogP contribution is -2.38. The van der Waals surface area contributed by atoms with E-state index in [2.05, 4.69) is 20.1 Å². The third-order valence-corrected chi connectivity index (χ3v) is 6.23. The minimum atomic E-state index is -0.290. The number of ether oxygens (including phenoxy) is 1. The Labute approximate surface area is 211 Å². The van der Waals surface area contributed by atoms with Crippen LogP contribution >= 0.6 is 0 Å². The Morgan fingerprint density at radius 1 is 0.972 bits per heavy atom. The quantitative estimate of drug-likeness (QED) is 0.420. The highest BCUT2D eigenvalue weighted by atomic mass is 19.1. The van der Waals surface area contributed by atoms with Gasteiger partial charge in [-0.25, -0.2) is 4.39 Å². The molecule has 7 nitrogen and oxygen atoms in total. The van der Waals surface area contributed by atoms with E-state index in [1.165, 1.54) is 19.1 Å². The number of nitrogens with one attached hydrogen (secondary N) is 2. The Bertz CT molecular complexity index is 1150.